The quantitative estimate of drug-likeness (QED) is 0.200. The summed E-state index contributed by atoms with van der Waals surface area (Å²) in [6.07, 6.45) is 4.83. The summed E-state index contributed by atoms with van der Waals surface area (Å²) in [4.78, 5) is 47.5. The van der Waals surface area contributed by atoms with Crippen LogP contribution in [0, 0.1) is 11.5 Å². The number of likely N-dealkylation sites (tertiary alicyclic amines) is 1. The first-order valence-corrected chi connectivity index (χ1v) is 15.0. The highest BCUT2D eigenvalue weighted by molar-refractivity contribution is 6.40. The summed E-state index contributed by atoms with van der Waals surface area (Å²) in [5, 5.41) is 24.6. The van der Waals surface area contributed by atoms with E-state index in [1.807, 2.05) is 42.3 Å². The fourth-order valence-electron chi connectivity index (χ4n) is 6.39. The summed E-state index contributed by atoms with van der Waals surface area (Å²) in [5.74, 6) is -1.67. The van der Waals surface area contributed by atoms with Crippen LogP contribution in [0.15, 0.2) is 40.9 Å². The van der Waals surface area contributed by atoms with Gasteiger partial charge in [0.15, 0.2) is 11.7 Å². The molecule has 2 unspecified atom stereocenters. The molecule has 0 radical (unpaired) electrons. The number of nitrogens with zero attached hydrogens (tertiary/aromatic N) is 4. The van der Waals surface area contributed by atoms with Crippen LogP contribution < -0.4 is 10.6 Å². The predicted octanol–water partition coefficient (Wildman–Crippen LogP) is 3.76. The second-order valence-corrected chi connectivity index (χ2v) is 12.2. The van der Waals surface area contributed by atoms with Crippen molar-refractivity contribution in [2.75, 3.05) is 19.6 Å². The molecule has 0 bridgehead atoms. The minimum atomic E-state index is -1.64. The van der Waals surface area contributed by atoms with Crippen LogP contribution in [0.5, 0.6) is 0 Å². The standard InChI is InChI=1S/C31H30Cl2N6O4/c1-17-20-7-3-2-6-18(20)12-22(17)28(41)39-11-8-21-19(15-39)13-23(32)25(26(21)33)27(40)37-31(29(42)43)14-24(31)36-30(35-16-34)38-9-4-5-10-38/h2-3,6-7,13,24H,4-5,8-12,14-15H2,1H3,(H,35,36)(H,37,40)(H,42,43). The molecule has 2 aliphatic heterocycles. The van der Waals surface area contributed by atoms with Crippen molar-refractivity contribution >= 4 is 52.5 Å². The highest BCUT2D eigenvalue weighted by atomic mass is 35.5. The maximum Gasteiger partial charge on any atom is 0.331 e. The molecule has 0 aromatic heterocycles. The fraction of sp³-hybridized carbons (Fsp3) is 0.387. The Balaban J connectivity index is 1.20. The molecule has 222 valence electrons. The number of allylic oxidation sites excluding steroid dienone is 1. The van der Waals surface area contributed by atoms with E-state index in [0.29, 0.717) is 50.5 Å². The lowest BCUT2D eigenvalue weighted by atomic mass is 9.95. The molecule has 2 fully saturated rings. The lowest BCUT2D eigenvalue weighted by Gasteiger charge is -2.31. The Kier molecular flexibility index (Phi) is 7.57. The van der Waals surface area contributed by atoms with Crippen molar-refractivity contribution in [2.24, 2.45) is 4.99 Å². The number of carboxylic acids is 1. The molecule has 2 amide bonds. The van der Waals surface area contributed by atoms with Gasteiger partial charge < -0.3 is 20.2 Å². The Morgan fingerprint density at radius 1 is 1.12 bits per heavy atom. The van der Waals surface area contributed by atoms with E-state index in [0.717, 1.165) is 40.7 Å². The molecular formula is C31H30Cl2N6O4. The number of carboxylic acid groups (broad SMARTS) is 1. The lowest BCUT2D eigenvalue weighted by molar-refractivity contribution is -0.140. The zero-order chi connectivity index (χ0) is 30.5. The van der Waals surface area contributed by atoms with Crippen molar-refractivity contribution in [3.63, 3.8) is 0 Å². The van der Waals surface area contributed by atoms with Gasteiger partial charge in [0.1, 0.15) is 0 Å². The fourth-order valence-corrected chi connectivity index (χ4v) is 7.15. The summed E-state index contributed by atoms with van der Waals surface area (Å²) in [5.41, 5.74) is 3.81. The number of hydrogen-bond acceptors (Lipinski definition) is 5. The van der Waals surface area contributed by atoms with Crippen LogP contribution >= 0.6 is 23.2 Å². The van der Waals surface area contributed by atoms with Crippen LogP contribution in [0.4, 0.5) is 0 Å². The van der Waals surface area contributed by atoms with E-state index < -0.39 is 23.5 Å². The summed E-state index contributed by atoms with van der Waals surface area (Å²) in [6.45, 7) is 4.11. The molecule has 2 aliphatic carbocycles. The molecule has 2 atom stereocenters. The molecule has 1 saturated heterocycles. The zero-order valence-electron chi connectivity index (χ0n) is 23.5. The van der Waals surface area contributed by atoms with E-state index in [1.54, 1.807) is 11.0 Å². The first-order valence-electron chi connectivity index (χ1n) is 14.3. The normalized spacial score (nSPS) is 22.6. The predicted molar refractivity (Wildman–Crippen MR) is 162 cm³/mol. The Labute approximate surface area is 259 Å². The monoisotopic (exact) mass is 620 g/mol. The van der Waals surface area contributed by atoms with Gasteiger partial charge in [-0.25, -0.2) is 9.79 Å². The van der Waals surface area contributed by atoms with Crippen LogP contribution in [-0.2, 0) is 29.0 Å². The number of carbonyl (C=O) groups excluding carboxylic acids is 2. The van der Waals surface area contributed by atoms with Crippen molar-refractivity contribution < 1.29 is 19.5 Å². The van der Waals surface area contributed by atoms with Crippen molar-refractivity contribution in [3.8, 4) is 6.19 Å². The molecule has 10 nitrogen and oxygen atoms in total. The Morgan fingerprint density at radius 2 is 1.86 bits per heavy atom. The largest absolute Gasteiger partial charge is 0.479 e. The van der Waals surface area contributed by atoms with Crippen LogP contribution in [0.1, 0.15) is 58.8 Å². The number of hydrogen-bond donors (Lipinski definition) is 3. The maximum atomic E-state index is 13.5. The Morgan fingerprint density at radius 3 is 2.56 bits per heavy atom. The van der Waals surface area contributed by atoms with E-state index in [2.05, 4.69) is 15.6 Å². The molecule has 43 heavy (non-hydrogen) atoms. The first-order chi connectivity index (χ1) is 20.6. The Bertz CT molecular complexity index is 1660. The van der Waals surface area contributed by atoms with Crippen molar-refractivity contribution in [3.05, 3.63) is 73.8 Å². The van der Waals surface area contributed by atoms with E-state index in [9.17, 15) is 19.5 Å². The van der Waals surface area contributed by atoms with Crippen LogP contribution in [0.3, 0.4) is 0 Å². The molecule has 1 saturated carbocycles. The summed E-state index contributed by atoms with van der Waals surface area (Å²) in [7, 11) is 0. The second-order valence-electron chi connectivity index (χ2n) is 11.4. The SMILES string of the molecule is CC1=C(C(=O)N2CCc3c(cc(Cl)c(C(=O)NC4(C(=O)O)CC4N=C(NC#N)N4CCCC4)c3Cl)C2)Cc2ccccc21. The number of aliphatic imine (C=N–C) groups is 1. The van der Waals surface area contributed by atoms with Gasteiger partial charge in [-0.15, -0.1) is 0 Å². The van der Waals surface area contributed by atoms with Crippen LogP contribution in [0.2, 0.25) is 10.0 Å². The number of amides is 2. The molecule has 12 heteroatoms. The smallest absolute Gasteiger partial charge is 0.331 e. The molecule has 6 rings (SSSR count). The minimum absolute atomic E-state index is 0.00294. The average molecular weight is 622 g/mol. The van der Waals surface area contributed by atoms with Gasteiger partial charge in [0.2, 0.25) is 5.96 Å². The van der Waals surface area contributed by atoms with Gasteiger partial charge in [0, 0.05) is 44.6 Å². The number of halogens is 2. The summed E-state index contributed by atoms with van der Waals surface area (Å²) < 4.78 is 0. The van der Waals surface area contributed by atoms with Crippen LogP contribution in [-0.4, -0.2) is 69.9 Å². The number of benzene rings is 2. The molecule has 2 aromatic rings. The number of nitrogens with one attached hydrogen (secondary N) is 2. The van der Waals surface area contributed by atoms with Crippen molar-refractivity contribution in [2.45, 2.75) is 57.2 Å². The topological polar surface area (TPSA) is 138 Å². The number of guanidine groups is 1. The van der Waals surface area contributed by atoms with Gasteiger partial charge in [-0.3, -0.25) is 14.9 Å². The summed E-state index contributed by atoms with van der Waals surface area (Å²) >= 11 is 13.3. The van der Waals surface area contributed by atoms with E-state index in [-0.39, 0.29) is 27.9 Å². The van der Waals surface area contributed by atoms with E-state index >= 15 is 0 Å². The van der Waals surface area contributed by atoms with Gasteiger partial charge in [0.25, 0.3) is 11.8 Å². The number of fused-ring (bicyclic) bond motifs is 2. The summed E-state index contributed by atoms with van der Waals surface area (Å²) in [6, 6.07) is 8.89. The van der Waals surface area contributed by atoms with Gasteiger partial charge in [-0.05, 0) is 60.1 Å². The maximum absolute atomic E-state index is 13.5. The lowest BCUT2D eigenvalue weighted by Crippen LogP contribution is -2.47. The Hall–Kier alpha value is -4.07. The highest BCUT2D eigenvalue weighted by Gasteiger charge is 2.63. The third-order valence-electron chi connectivity index (χ3n) is 8.91. The molecule has 0 spiro atoms. The van der Waals surface area contributed by atoms with Crippen molar-refractivity contribution in [1.82, 2.24) is 20.4 Å². The molecule has 2 heterocycles. The molecule has 4 aliphatic rings. The van der Waals surface area contributed by atoms with E-state index in [4.69, 9.17) is 28.5 Å². The third kappa shape index (κ3) is 5.11. The van der Waals surface area contributed by atoms with Gasteiger partial charge in [-0.2, -0.15) is 5.26 Å². The molecule has 3 N–H and O–H groups in total. The molecular weight excluding hydrogens is 591 g/mol. The first kappa shape index (κ1) is 29.0. The highest BCUT2D eigenvalue weighted by Crippen LogP contribution is 2.42. The number of nitriles is 1. The van der Waals surface area contributed by atoms with Gasteiger partial charge >= 0.3 is 5.97 Å². The average Bonchev–Trinajstić information content (AvgIpc) is 3.29. The minimum Gasteiger partial charge on any atom is -0.479 e. The van der Waals surface area contributed by atoms with E-state index in [1.165, 1.54) is 0 Å². The number of aliphatic carboxylic acids is 1. The number of rotatable bonds is 5. The van der Waals surface area contributed by atoms with Gasteiger partial charge in [-0.1, -0.05) is 47.5 Å². The van der Waals surface area contributed by atoms with Gasteiger partial charge in [0.05, 0.1) is 21.7 Å². The molecule has 2 aromatic carbocycles. The van der Waals surface area contributed by atoms with Crippen molar-refractivity contribution in [1.29, 1.82) is 5.26 Å². The zero-order valence-corrected chi connectivity index (χ0v) is 25.1. The third-order valence-corrected chi connectivity index (χ3v) is 9.63. The van der Waals surface area contributed by atoms with Crippen LogP contribution in [0.25, 0.3) is 5.57 Å². The number of carbonyl (C=O) groups is 3. The second kappa shape index (κ2) is 11.2.